The fraction of sp³-hybridized carbons (Fsp3) is 0.419. The van der Waals surface area contributed by atoms with Gasteiger partial charge in [0.2, 0.25) is 0 Å². The van der Waals surface area contributed by atoms with Crippen molar-refractivity contribution < 1.29 is 14.6 Å². The summed E-state index contributed by atoms with van der Waals surface area (Å²) < 4.78 is 11.0. The van der Waals surface area contributed by atoms with Crippen molar-refractivity contribution in [1.82, 2.24) is 0 Å². The maximum absolute atomic E-state index is 10.1. The number of ether oxygens (including phenoxy) is 2. The fourth-order valence-corrected chi connectivity index (χ4v) is 6.44. The Labute approximate surface area is 209 Å². The van der Waals surface area contributed by atoms with Crippen molar-refractivity contribution in [2.45, 2.75) is 50.2 Å². The number of piperidine rings is 1. The number of anilines is 1. The first kappa shape index (κ1) is 23.9. The van der Waals surface area contributed by atoms with Crippen LogP contribution in [0.5, 0.6) is 5.75 Å². The van der Waals surface area contributed by atoms with E-state index in [9.17, 15) is 5.11 Å². The molecule has 0 radical (unpaired) electrons. The molecule has 1 N–H and O–H groups in total. The molecule has 1 aliphatic heterocycles. The van der Waals surface area contributed by atoms with E-state index >= 15 is 0 Å². The zero-order valence-electron chi connectivity index (χ0n) is 21.1. The van der Waals surface area contributed by atoms with Crippen LogP contribution in [0, 0.1) is 5.92 Å². The van der Waals surface area contributed by atoms with Crippen LogP contribution in [0.4, 0.5) is 5.69 Å². The third-order valence-corrected chi connectivity index (χ3v) is 8.40. The lowest BCUT2D eigenvalue weighted by Gasteiger charge is -2.44. The summed E-state index contributed by atoms with van der Waals surface area (Å²) in [5.74, 6) is 1.04. The fourth-order valence-electron chi connectivity index (χ4n) is 6.44. The smallest absolute Gasteiger partial charge is 0.159 e. The second-order valence-corrected chi connectivity index (χ2v) is 10.4. The van der Waals surface area contributed by atoms with Crippen molar-refractivity contribution in [2.75, 3.05) is 32.2 Å². The molecule has 2 atom stereocenters. The topological polar surface area (TPSA) is 41.9 Å². The molecule has 1 heterocycles. The van der Waals surface area contributed by atoms with E-state index in [1.165, 1.54) is 27.9 Å². The second-order valence-electron chi connectivity index (χ2n) is 10.4. The quantitative estimate of drug-likeness (QED) is 0.431. The van der Waals surface area contributed by atoms with Crippen molar-refractivity contribution in [2.24, 2.45) is 5.92 Å². The highest BCUT2D eigenvalue weighted by atomic mass is 16.7. The highest BCUT2D eigenvalue weighted by molar-refractivity contribution is 5.54. The molecule has 5 rings (SSSR count). The van der Waals surface area contributed by atoms with Gasteiger partial charge in [-0.2, -0.15) is 0 Å². The SMILES string of the molecule is COC(OC)C1CCN(c2ccc([C@@H]3c4ccc(O)cc4CC[C@@]3(C)c3ccccc3)cc2)CC1. The molecule has 3 aromatic carbocycles. The lowest BCUT2D eigenvalue weighted by atomic mass is 9.59. The van der Waals surface area contributed by atoms with Crippen molar-refractivity contribution in [3.63, 3.8) is 0 Å². The van der Waals surface area contributed by atoms with E-state index in [0.29, 0.717) is 11.7 Å². The van der Waals surface area contributed by atoms with E-state index < -0.39 is 0 Å². The van der Waals surface area contributed by atoms with Crippen molar-refractivity contribution in [3.8, 4) is 5.75 Å². The minimum Gasteiger partial charge on any atom is -0.508 e. The van der Waals surface area contributed by atoms with Gasteiger partial charge in [-0.3, -0.25) is 0 Å². The molecule has 2 aliphatic rings. The molecule has 4 heteroatoms. The number of phenols is 1. The van der Waals surface area contributed by atoms with Gasteiger partial charge in [-0.05, 0) is 72.2 Å². The maximum atomic E-state index is 10.1. The largest absolute Gasteiger partial charge is 0.508 e. The minimum atomic E-state index is -0.110. The first-order valence-corrected chi connectivity index (χ1v) is 12.8. The standard InChI is InChI=1S/C31H37NO3/c1-31(25-7-5-4-6-8-25)18-15-24-21-27(33)13-14-28(24)29(31)22-9-11-26(12-10-22)32-19-16-23(17-20-32)30(34-2)35-3/h4-14,21,23,29-30,33H,15-20H2,1-3H3/t29-,31+/m1/s1. The molecule has 184 valence electrons. The first-order chi connectivity index (χ1) is 17.0. The van der Waals surface area contributed by atoms with Crippen molar-refractivity contribution >= 4 is 5.69 Å². The summed E-state index contributed by atoms with van der Waals surface area (Å²) in [4.78, 5) is 2.48. The van der Waals surface area contributed by atoms with Gasteiger partial charge in [-0.15, -0.1) is 0 Å². The molecule has 0 saturated carbocycles. The Kier molecular flexibility index (Phi) is 6.86. The van der Waals surface area contributed by atoms with E-state index in [4.69, 9.17) is 9.47 Å². The number of benzene rings is 3. The number of phenolic OH excluding ortho intramolecular Hbond substituents is 1. The summed E-state index contributed by atoms with van der Waals surface area (Å²) >= 11 is 0. The molecule has 0 spiro atoms. The molecule has 0 bridgehead atoms. The molecule has 1 fully saturated rings. The van der Waals surface area contributed by atoms with Gasteiger partial charge in [0.15, 0.2) is 6.29 Å². The lowest BCUT2D eigenvalue weighted by Crippen LogP contribution is -2.39. The number of methoxy groups -OCH3 is 2. The van der Waals surface area contributed by atoms with Crippen LogP contribution >= 0.6 is 0 Å². The van der Waals surface area contributed by atoms with Crippen LogP contribution in [0.2, 0.25) is 0 Å². The normalized spacial score (nSPS) is 22.9. The Bertz CT molecular complexity index is 1120. The third kappa shape index (κ3) is 4.57. The molecule has 35 heavy (non-hydrogen) atoms. The van der Waals surface area contributed by atoms with E-state index in [2.05, 4.69) is 72.5 Å². The number of hydrogen-bond donors (Lipinski definition) is 1. The molecule has 0 aromatic heterocycles. The Morgan fingerprint density at radius 1 is 0.914 bits per heavy atom. The minimum absolute atomic E-state index is 0.0135. The number of aryl methyl sites for hydroxylation is 1. The van der Waals surface area contributed by atoms with E-state index in [-0.39, 0.29) is 17.6 Å². The summed E-state index contributed by atoms with van der Waals surface area (Å²) in [6.07, 6.45) is 4.05. The van der Waals surface area contributed by atoms with Crippen LogP contribution < -0.4 is 4.90 Å². The van der Waals surface area contributed by atoms with Crippen LogP contribution in [0.1, 0.15) is 54.4 Å². The van der Waals surface area contributed by atoms with Crippen LogP contribution in [-0.2, 0) is 21.3 Å². The molecule has 0 unspecified atom stereocenters. The number of hydrogen-bond acceptors (Lipinski definition) is 4. The van der Waals surface area contributed by atoms with Crippen LogP contribution in [0.3, 0.4) is 0 Å². The third-order valence-electron chi connectivity index (χ3n) is 8.40. The monoisotopic (exact) mass is 471 g/mol. The number of rotatable bonds is 6. The zero-order chi connectivity index (χ0) is 24.4. The molecule has 0 amide bonds. The van der Waals surface area contributed by atoms with Crippen LogP contribution in [0.25, 0.3) is 0 Å². The summed E-state index contributed by atoms with van der Waals surface area (Å²) in [5.41, 5.74) is 6.57. The Morgan fingerprint density at radius 2 is 1.60 bits per heavy atom. The molecule has 3 aromatic rings. The average molecular weight is 472 g/mol. The number of nitrogens with zero attached hydrogens (tertiary/aromatic N) is 1. The Hall–Kier alpha value is -2.82. The predicted molar refractivity (Wildman–Crippen MR) is 141 cm³/mol. The Balaban J connectivity index is 1.44. The van der Waals surface area contributed by atoms with Gasteiger partial charge in [0, 0.05) is 50.2 Å². The van der Waals surface area contributed by atoms with Gasteiger partial charge in [-0.25, -0.2) is 0 Å². The van der Waals surface area contributed by atoms with Crippen LogP contribution in [0.15, 0.2) is 72.8 Å². The summed E-state index contributed by atoms with van der Waals surface area (Å²) in [6.45, 7) is 4.44. The molecule has 1 saturated heterocycles. The van der Waals surface area contributed by atoms with Gasteiger partial charge in [0.05, 0.1) is 0 Å². The maximum Gasteiger partial charge on any atom is 0.159 e. The molecular weight excluding hydrogens is 434 g/mol. The number of fused-ring (bicyclic) bond motifs is 1. The predicted octanol–water partition coefficient (Wildman–Crippen LogP) is 6.26. The second kappa shape index (κ2) is 10.0. The summed E-state index contributed by atoms with van der Waals surface area (Å²) in [5, 5.41) is 10.1. The zero-order valence-corrected chi connectivity index (χ0v) is 21.1. The van der Waals surface area contributed by atoms with E-state index in [1.807, 2.05) is 12.1 Å². The average Bonchev–Trinajstić information content (AvgIpc) is 2.91. The molecule has 1 aliphatic carbocycles. The molecular formula is C31H37NO3. The van der Waals surface area contributed by atoms with E-state index in [0.717, 1.165) is 38.8 Å². The van der Waals surface area contributed by atoms with Gasteiger partial charge < -0.3 is 19.5 Å². The van der Waals surface area contributed by atoms with Gasteiger partial charge in [0.25, 0.3) is 0 Å². The first-order valence-electron chi connectivity index (χ1n) is 12.8. The highest BCUT2D eigenvalue weighted by Gasteiger charge is 2.41. The number of aromatic hydroxyl groups is 1. The van der Waals surface area contributed by atoms with E-state index in [1.54, 1.807) is 14.2 Å². The Morgan fingerprint density at radius 3 is 2.26 bits per heavy atom. The van der Waals surface area contributed by atoms with Gasteiger partial charge in [-0.1, -0.05) is 55.5 Å². The van der Waals surface area contributed by atoms with Crippen LogP contribution in [-0.4, -0.2) is 38.7 Å². The van der Waals surface area contributed by atoms with Crippen molar-refractivity contribution in [3.05, 3.63) is 95.1 Å². The molecule has 4 nitrogen and oxygen atoms in total. The summed E-state index contributed by atoms with van der Waals surface area (Å²) in [6, 6.07) is 26.1. The van der Waals surface area contributed by atoms with Crippen molar-refractivity contribution in [1.29, 1.82) is 0 Å². The highest BCUT2D eigenvalue weighted by Crippen LogP contribution is 2.51. The summed E-state index contributed by atoms with van der Waals surface area (Å²) in [7, 11) is 3.46. The van der Waals surface area contributed by atoms with Gasteiger partial charge in [0.1, 0.15) is 5.75 Å². The van der Waals surface area contributed by atoms with Gasteiger partial charge >= 0.3 is 0 Å². The lowest BCUT2D eigenvalue weighted by molar-refractivity contribution is -0.141.